The SMILES string of the molecule is COc1cccc(C(=O)NCCS(=O)(=O)NCCC(C)C)c1. The number of sulfonamides is 1. The molecule has 1 amide bonds. The number of ether oxygens (including phenoxy) is 1. The van der Waals surface area contributed by atoms with E-state index in [2.05, 4.69) is 10.0 Å². The van der Waals surface area contributed by atoms with E-state index in [-0.39, 0.29) is 18.2 Å². The van der Waals surface area contributed by atoms with Gasteiger partial charge in [-0.1, -0.05) is 19.9 Å². The zero-order valence-electron chi connectivity index (χ0n) is 13.3. The van der Waals surface area contributed by atoms with Crippen LogP contribution in [0.3, 0.4) is 0 Å². The fourth-order valence-corrected chi connectivity index (χ4v) is 2.68. The number of benzene rings is 1. The third kappa shape index (κ3) is 6.91. The van der Waals surface area contributed by atoms with Crippen molar-refractivity contribution in [2.24, 2.45) is 5.92 Å². The Morgan fingerprint density at radius 3 is 2.64 bits per heavy atom. The minimum atomic E-state index is -3.36. The van der Waals surface area contributed by atoms with Crippen LogP contribution in [-0.2, 0) is 10.0 Å². The van der Waals surface area contributed by atoms with Crippen molar-refractivity contribution >= 4 is 15.9 Å². The molecule has 0 atom stereocenters. The second-order valence-electron chi connectivity index (χ2n) is 5.38. The number of nitrogens with one attached hydrogen (secondary N) is 2. The predicted octanol–water partition coefficient (Wildman–Crippen LogP) is 1.39. The van der Waals surface area contributed by atoms with E-state index in [1.165, 1.54) is 7.11 Å². The largest absolute Gasteiger partial charge is 0.497 e. The van der Waals surface area contributed by atoms with Crippen LogP contribution in [-0.4, -0.2) is 40.3 Å². The van der Waals surface area contributed by atoms with Crippen molar-refractivity contribution in [2.45, 2.75) is 20.3 Å². The first kappa shape index (κ1) is 18.4. The van der Waals surface area contributed by atoms with Crippen molar-refractivity contribution in [1.82, 2.24) is 10.0 Å². The summed E-state index contributed by atoms with van der Waals surface area (Å²) in [6, 6.07) is 6.69. The minimum Gasteiger partial charge on any atom is -0.497 e. The molecule has 0 fully saturated rings. The van der Waals surface area contributed by atoms with Gasteiger partial charge in [-0.2, -0.15) is 0 Å². The Hall–Kier alpha value is -1.60. The van der Waals surface area contributed by atoms with Crippen LogP contribution in [0, 0.1) is 5.92 Å². The van der Waals surface area contributed by atoms with Crippen LogP contribution >= 0.6 is 0 Å². The lowest BCUT2D eigenvalue weighted by molar-refractivity contribution is 0.0956. The highest BCUT2D eigenvalue weighted by molar-refractivity contribution is 7.89. The third-order valence-electron chi connectivity index (χ3n) is 3.03. The first-order valence-electron chi connectivity index (χ1n) is 7.23. The number of hydrogen-bond acceptors (Lipinski definition) is 4. The van der Waals surface area contributed by atoms with E-state index in [9.17, 15) is 13.2 Å². The first-order chi connectivity index (χ1) is 10.3. The second kappa shape index (κ2) is 8.75. The second-order valence-corrected chi connectivity index (χ2v) is 7.31. The Labute approximate surface area is 132 Å². The summed E-state index contributed by atoms with van der Waals surface area (Å²) in [5, 5.41) is 2.59. The Morgan fingerprint density at radius 1 is 1.27 bits per heavy atom. The van der Waals surface area contributed by atoms with E-state index in [4.69, 9.17) is 4.74 Å². The molecule has 2 N–H and O–H groups in total. The smallest absolute Gasteiger partial charge is 0.251 e. The molecule has 0 radical (unpaired) electrons. The molecule has 6 nitrogen and oxygen atoms in total. The molecule has 0 saturated carbocycles. The molecule has 0 aliphatic heterocycles. The Bertz CT molecular complexity index is 585. The summed E-state index contributed by atoms with van der Waals surface area (Å²) in [6.45, 7) is 4.54. The van der Waals surface area contributed by atoms with Gasteiger partial charge in [0.2, 0.25) is 10.0 Å². The molecule has 0 aliphatic carbocycles. The normalized spacial score (nSPS) is 11.5. The van der Waals surface area contributed by atoms with Crippen molar-refractivity contribution in [1.29, 1.82) is 0 Å². The van der Waals surface area contributed by atoms with Crippen LogP contribution in [0.1, 0.15) is 30.6 Å². The lowest BCUT2D eigenvalue weighted by Crippen LogP contribution is -2.35. The molecule has 0 bridgehead atoms. The van der Waals surface area contributed by atoms with Crippen molar-refractivity contribution in [3.8, 4) is 5.75 Å². The lowest BCUT2D eigenvalue weighted by atomic mass is 10.1. The number of carbonyl (C=O) groups is 1. The summed E-state index contributed by atoms with van der Waals surface area (Å²) >= 11 is 0. The monoisotopic (exact) mass is 328 g/mol. The van der Waals surface area contributed by atoms with Gasteiger partial charge in [-0.25, -0.2) is 13.1 Å². The molecule has 124 valence electrons. The molecular formula is C15H24N2O4S. The molecule has 0 saturated heterocycles. The number of carbonyl (C=O) groups excluding carboxylic acids is 1. The number of methoxy groups -OCH3 is 1. The van der Waals surface area contributed by atoms with Crippen LogP contribution in [0.15, 0.2) is 24.3 Å². The van der Waals surface area contributed by atoms with Gasteiger partial charge in [0.1, 0.15) is 5.75 Å². The van der Waals surface area contributed by atoms with Gasteiger partial charge in [-0.15, -0.1) is 0 Å². The molecular weight excluding hydrogens is 304 g/mol. The van der Waals surface area contributed by atoms with Gasteiger partial charge in [0, 0.05) is 18.7 Å². The van der Waals surface area contributed by atoms with E-state index >= 15 is 0 Å². The van der Waals surface area contributed by atoms with Crippen LogP contribution in [0.5, 0.6) is 5.75 Å². The molecule has 0 heterocycles. The van der Waals surface area contributed by atoms with Crippen molar-refractivity contribution in [2.75, 3.05) is 26.0 Å². The van der Waals surface area contributed by atoms with Crippen LogP contribution < -0.4 is 14.8 Å². The zero-order chi connectivity index (χ0) is 16.6. The highest BCUT2D eigenvalue weighted by Gasteiger charge is 2.12. The molecule has 1 aromatic carbocycles. The van der Waals surface area contributed by atoms with Crippen molar-refractivity contribution in [3.63, 3.8) is 0 Å². The molecule has 0 unspecified atom stereocenters. The van der Waals surface area contributed by atoms with E-state index in [1.54, 1.807) is 24.3 Å². The average Bonchev–Trinajstić information content (AvgIpc) is 2.46. The summed E-state index contributed by atoms with van der Waals surface area (Å²) in [5.74, 6) is 0.559. The lowest BCUT2D eigenvalue weighted by Gasteiger charge is -2.09. The molecule has 7 heteroatoms. The quantitative estimate of drug-likeness (QED) is 0.717. The van der Waals surface area contributed by atoms with Crippen molar-refractivity contribution < 1.29 is 17.9 Å². The summed E-state index contributed by atoms with van der Waals surface area (Å²) < 4.78 is 31.1. The van der Waals surface area contributed by atoms with E-state index in [0.717, 1.165) is 6.42 Å². The molecule has 0 spiro atoms. The summed E-state index contributed by atoms with van der Waals surface area (Å²) in [4.78, 5) is 11.9. The van der Waals surface area contributed by atoms with E-state index in [1.807, 2.05) is 13.8 Å². The van der Waals surface area contributed by atoms with Gasteiger partial charge in [0.25, 0.3) is 5.91 Å². The zero-order valence-corrected chi connectivity index (χ0v) is 14.1. The molecule has 0 aliphatic rings. The Kier molecular flexibility index (Phi) is 7.34. The van der Waals surface area contributed by atoms with E-state index in [0.29, 0.717) is 23.8 Å². The van der Waals surface area contributed by atoms with Gasteiger partial charge in [0.15, 0.2) is 0 Å². The van der Waals surface area contributed by atoms with Gasteiger partial charge >= 0.3 is 0 Å². The molecule has 1 aromatic rings. The molecule has 22 heavy (non-hydrogen) atoms. The van der Waals surface area contributed by atoms with E-state index < -0.39 is 10.0 Å². The highest BCUT2D eigenvalue weighted by atomic mass is 32.2. The van der Waals surface area contributed by atoms with Crippen LogP contribution in [0.25, 0.3) is 0 Å². The highest BCUT2D eigenvalue weighted by Crippen LogP contribution is 2.12. The maximum absolute atomic E-state index is 11.9. The predicted molar refractivity (Wildman–Crippen MR) is 86.6 cm³/mol. The van der Waals surface area contributed by atoms with Gasteiger partial charge < -0.3 is 10.1 Å². The minimum absolute atomic E-state index is 0.0626. The summed E-state index contributed by atoms with van der Waals surface area (Å²) in [5.41, 5.74) is 0.435. The third-order valence-corrected chi connectivity index (χ3v) is 4.42. The number of hydrogen-bond donors (Lipinski definition) is 2. The standard InChI is InChI=1S/C15H24N2O4S/c1-12(2)7-8-17-22(19,20)10-9-16-15(18)13-5-4-6-14(11-13)21-3/h4-6,11-12,17H,7-10H2,1-3H3,(H,16,18). The molecule has 1 rings (SSSR count). The summed E-state index contributed by atoms with van der Waals surface area (Å²) in [7, 11) is -1.84. The van der Waals surface area contributed by atoms with Crippen LogP contribution in [0.2, 0.25) is 0 Å². The average molecular weight is 328 g/mol. The Balaban J connectivity index is 2.40. The molecule has 0 aromatic heterocycles. The van der Waals surface area contributed by atoms with Gasteiger partial charge in [-0.05, 0) is 30.5 Å². The fraction of sp³-hybridized carbons (Fsp3) is 0.533. The number of amides is 1. The maximum atomic E-state index is 11.9. The Morgan fingerprint density at radius 2 is 2.00 bits per heavy atom. The first-order valence-corrected chi connectivity index (χ1v) is 8.89. The number of rotatable bonds is 9. The van der Waals surface area contributed by atoms with Crippen LogP contribution in [0.4, 0.5) is 0 Å². The fourth-order valence-electron chi connectivity index (χ4n) is 1.74. The van der Waals surface area contributed by atoms with Gasteiger partial charge in [0.05, 0.1) is 12.9 Å². The van der Waals surface area contributed by atoms with Gasteiger partial charge in [-0.3, -0.25) is 4.79 Å². The summed E-state index contributed by atoms with van der Waals surface area (Å²) in [6.07, 6.45) is 0.787. The maximum Gasteiger partial charge on any atom is 0.251 e. The van der Waals surface area contributed by atoms with Crippen molar-refractivity contribution in [3.05, 3.63) is 29.8 Å². The topological polar surface area (TPSA) is 84.5 Å².